The number of halogens is 1. The van der Waals surface area contributed by atoms with Crippen LogP contribution in [0.5, 0.6) is 0 Å². The zero-order valence-corrected chi connectivity index (χ0v) is 12.0. The maximum absolute atomic E-state index is 12.9. The lowest BCUT2D eigenvalue weighted by atomic mass is 10.1. The molecule has 5 heteroatoms. The van der Waals surface area contributed by atoms with Crippen molar-refractivity contribution in [3.8, 4) is 0 Å². The molecule has 0 aliphatic carbocycles. The molecule has 0 saturated carbocycles. The predicted octanol–water partition coefficient (Wildman–Crippen LogP) is 3.33. The van der Waals surface area contributed by atoms with Gasteiger partial charge in [-0.2, -0.15) is 0 Å². The molecule has 3 nitrogen and oxygen atoms in total. The van der Waals surface area contributed by atoms with E-state index in [2.05, 4.69) is 9.97 Å². The smallest absolute Gasteiger partial charge is 0.259 e. The molecule has 0 aliphatic rings. The molecular formula is C15H13FN2OS. The largest absolute Gasteiger partial charge is 0.310 e. The molecule has 0 atom stereocenters. The molecule has 0 aliphatic heterocycles. The Labute approximate surface area is 119 Å². The highest BCUT2D eigenvalue weighted by molar-refractivity contribution is 7.18. The molecule has 20 heavy (non-hydrogen) atoms. The maximum Gasteiger partial charge on any atom is 0.259 e. The third kappa shape index (κ3) is 2.25. The molecule has 0 spiro atoms. The van der Waals surface area contributed by atoms with E-state index in [4.69, 9.17) is 0 Å². The third-order valence-corrected chi connectivity index (χ3v) is 4.47. The standard InChI is InChI=1S/C15H13FN2OS/c1-8-9(2)20-15-13(8)14(19)17-12(18-15)7-10-3-5-11(16)6-4-10/h3-6H,7H2,1-2H3,(H,17,18,19). The van der Waals surface area contributed by atoms with E-state index in [1.54, 1.807) is 12.1 Å². The molecular weight excluding hydrogens is 275 g/mol. The van der Waals surface area contributed by atoms with E-state index in [9.17, 15) is 9.18 Å². The van der Waals surface area contributed by atoms with Crippen molar-refractivity contribution in [2.24, 2.45) is 0 Å². The fourth-order valence-electron chi connectivity index (χ4n) is 2.18. The highest BCUT2D eigenvalue weighted by Crippen LogP contribution is 2.25. The zero-order valence-electron chi connectivity index (χ0n) is 11.2. The lowest BCUT2D eigenvalue weighted by Crippen LogP contribution is -2.11. The average Bonchev–Trinajstić information content (AvgIpc) is 2.68. The van der Waals surface area contributed by atoms with Crippen molar-refractivity contribution in [1.82, 2.24) is 9.97 Å². The number of rotatable bonds is 2. The zero-order chi connectivity index (χ0) is 14.3. The van der Waals surface area contributed by atoms with Crippen molar-refractivity contribution in [2.45, 2.75) is 20.3 Å². The van der Waals surface area contributed by atoms with E-state index >= 15 is 0 Å². The van der Waals surface area contributed by atoms with E-state index < -0.39 is 0 Å². The highest BCUT2D eigenvalue weighted by Gasteiger charge is 2.11. The number of fused-ring (bicyclic) bond motifs is 1. The number of nitrogens with zero attached hydrogens (tertiary/aromatic N) is 1. The van der Waals surface area contributed by atoms with Crippen LogP contribution in [-0.4, -0.2) is 9.97 Å². The van der Waals surface area contributed by atoms with Crippen LogP contribution in [0.2, 0.25) is 0 Å². The van der Waals surface area contributed by atoms with Crippen LogP contribution in [0, 0.1) is 19.7 Å². The van der Waals surface area contributed by atoms with E-state index in [1.807, 2.05) is 13.8 Å². The summed E-state index contributed by atoms with van der Waals surface area (Å²) in [6, 6.07) is 6.21. The van der Waals surface area contributed by atoms with Crippen LogP contribution < -0.4 is 5.56 Å². The van der Waals surface area contributed by atoms with E-state index in [1.165, 1.54) is 23.5 Å². The Balaban J connectivity index is 2.05. The number of hydrogen-bond acceptors (Lipinski definition) is 3. The quantitative estimate of drug-likeness (QED) is 0.786. The van der Waals surface area contributed by atoms with Crippen LogP contribution in [0.15, 0.2) is 29.1 Å². The minimum Gasteiger partial charge on any atom is -0.310 e. The first-order chi connectivity index (χ1) is 9.54. The van der Waals surface area contributed by atoms with Crippen molar-refractivity contribution in [2.75, 3.05) is 0 Å². The summed E-state index contributed by atoms with van der Waals surface area (Å²) in [5, 5.41) is 0.676. The molecule has 0 fully saturated rings. The number of aryl methyl sites for hydroxylation is 2. The molecule has 3 aromatic rings. The summed E-state index contributed by atoms with van der Waals surface area (Å²) in [6.07, 6.45) is 0.488. The van der Waals surface area contributed by atoms with Crippen molar-refractivity contribution in [3.63, 3.8) is 0 Å². The molecule has 0 bridgehead atoms. The van der Waals surface area contributed by atoms with E-state index in [0.29, 0.717) is 17.6 Å². The van der Waals surface area contributed by atoms with Gasteiger partial charge in [-0.3, -0.25) is 4.79 Å². The van der Waals surface area contributed by atoms with Gasteiger partial charge in [0.25, 0.3) is 5.56 Å². The van der Waals surface area contributed by atoms with Crippen molar-refractivity contribution in [1.29, 1.82) is 0 Å². The second-order valence-electron chi connectivity index (χ2n) is 4.78. The van der Waals surface area contributed by atoms with Gasteiger partial charge in [0.15, 0.2) is 0 Å². The second kappa shape index (κ2) is 4.83. The number of hydrogen-bond donors (Lipinski definition) is 1. The first-order valence-corrected chi connectivity index (χ1v) is 7.09. The minimum atomic E-state index is -0.268. The van der Waals surface area contributed by atoms with Gasteiger partial charge in [-0.15, -0.1) is 11.3 Å². The third-order valence-electron chi connectivity index (χ3n) is 3.37. The van der Waals surface area contributed by atoms with Gasteiger partial charge in [-0.1, -0.05) is 12.1 Å². The lowest BCUT2D eigenvalue weighted by molar-refractivity contribution is 0.627. The molecule has 0 radical (unpaired) electrons. The lowest BCUT2D eigenvalue weighted by Gasteiger charge is -2.01. The second-order valence-corrected chi connectivity index (χ2v) is 5.98. The summed E-state index contributed by atoms with van der Waals surface area (Å²) in [7, 11) is 0. The number of nitrogens with one attached hydrogen (secondary N) is 1. The Bertz CT molecular complexity index is 833. The SMILES string of the molecule is Cc1sc2nc(Cc3ccc(F)cc3)[nH]c(=O)c2c1C. The van der Waals surface area contributed by atoms with Gasteiger partial charge in [0.05, 0.1) is 5.39 Å². The molecule has 1 N–H and O–H groups in total. The average molecular weight is 288 g/mol. The van der Waals surface area contributed by atoms with Crippen LogP contribution in [0.4, 0.5) is 4.39 Å². The number of aromatic nitrogens is 2. The van der Waals surface area contributed by atoms with Crippen molar-refractivity contribution < 1.29 is 4.39 Å². The number of aromatic amines is 1. The van der Waals surface area contributed by atoms with Gasteiger partial charge in [-0.05, 0) is 37.1 Å². The van der Waals surface area contributed by atoms with Gasteiger partial charge < -0.3 is 4.98 Å². The Hall–Kier alpha value is -2.01. The summed E-state index contributed by atoms with van der Waals surface area (Å²) < 4.78 is 12.9. The van der Waals surface area contributed by atoms with Gasteiger partial charge in [0.1, 0.15) is 16.5 Å². The molecule has 0 amide bonds. The molecule has 0 saturated heterocycles. The Morgan fingerprint density at radius 2 is 1.95 bits per heavy atom. The monoisotopic (exact) mass is 288 g/mol. The molecule has 2 aromatic heterocycles. The maximum atomic E-state index is 12.9. The topological polar surface area (TPSA) is 45.8 Å². The Morgan fingerprint density at radius 1 is 1.25 bits per heavy atom. The normalized spacial score (nSPS) is 11.2. The first kappa shape index (κ1) is 13.0. The fraction of sp³-hybridized carbons (Fsp3) is 0.200. The van der Waals surface area contributed by atoms with Gasteiger partial charge in [-0.25, -0.2) is 9.37 Å². The Morgan fingerprint density at radius 3 is 2.65 bits per heavy atom. The van der Waals surface area contributed by atoms with Crippen LogP contribution in [-0.2, 0) is 6.42 Å². The number of thiophene rings is 1. The molecule has 2 heterocycles. The molecule has 0 unspecified atom stereocenters. The van der Waals surface area contributed by atoms with Crippen molar-refractivity contribution >= 4 is 21.6 Å². The van der Waals surface area contributed by atoms with E-state index in [-0.39, 0.29) is 11.4 Å². The fourth-order valence-corrected chi connectivity index (χ4v) is 3.23. The number of benzene rings is 1. The molecule has 1 aromatic carbocycles. The van der Waals surface area contributed by atoms with Crippen molar-refractivity contribution in [3.05, 3.63) is 62.3 Å². The summed E-state index contributed by atoms with van der Waals surface area (Å²) in [5.41, 5.74) is 1.81. The highest BCUT2D eigenvalue weighted by atomic mass is 32.1. The summed E-state index contributed by atoms with van der Waals surface area (Å²) in [5.74, 6) is 0.338. The predicted molar refractivity (Wildman–Crippen MR) is 78.9 cm³/mol. The van der Waals surface area contributed by atoms with Gasteiger partial charge in [0, 0.05) is 11.3 Å². The number of H-pyrrole nitrogens is 1. The van der Waals surface area contributed by atoms with Crippen LogP contribution in [0.1, 0.15) is 21.8 Å². The summed E-state index contributed by atoms with van der Waals surface area (Å²) in [4.78, 5) is 21.3. The van der Waals surface area contributed by atoms with Gasteiger partial charge in [0.2, 0.25) is 0 Å². The first-order valence-electron chi connectivity index (χ1n) is 6.28. The summed E-state index contributed by atoms with van der Waals surface area (Å²) in [6.45, 7) is 3.92. The van der Waals surface area contributed by atoms with E-state index in [0.717, 1.165) is 20.8 Å². The Kier molecular flexibility index (Phi) is 3.14. The molecule has 3 rings (SSSR count). The van der Waals surface area contributed by atoms with Crippen LogP contribution in [0.3, 0.4) is 0 Å². The van der Waals surface area contributed by atoms with Crippen LogP contribution >= 0.6 is 11.3 Å². The van der Waals surface area contributed by atoms with Gasteiger partial charge >= 0.3 is 0 Å². The minimum absolute atomic E-state index is 0.103. The summed E-state index contributed by atoms with van der Waals surface area (Å²) >= 11 is 1.53. The van der Waals surface area contributed by atoms with Crippen LogP contribution in [0.25, 0.3) is 10.2 Å². The molecule has 102 valence electrons.